The zero-order valence-corrected chi connectivity index (χ0v) is 16.8. The number of anilines is 1. The van der Waals surface area contributed by atoms with E-state index < -0.39 is 10.0 Å². The number of benzene rings is 1. The number of nitrogens with one attached hydrogen (secondary N) is 1. The van der Waals surface area contributed by atoms with Gasteiger partial charge in [-0.1, -0.05) is 13.0 Å². The van der Waals surface area contributed by atoms with E-state index in [1.165, 1.54) is 17.4 Å². The van der Waals surface area contributed by atoms with Crippen LogP contribution >= 0.6 is 11.3 Å². The van der Waals surface area contributed by atoms with Crippen molar-refractivity contribution in [2.24, 2.45) is 0 Å². The van der Waals surface area contributed by atoms with Crippen LogP contribution in [0.2, 0.25) is 0 Å². The van der Waals surface area contributed by atoms with Gasteiger partial charge in [0.1, 0.15) is 9.77 Å². The molecule has 0 aliphatic heterocycles. The van der Waals surface area contributed by atoms with E-state index in [1.807, 2.05) is 39.8 Å². The Kier molecular flexibility index (Phi) is 5.90. The van der Waals surface area contributed by atoms with E-state index in [0.29, 0.717) is 5.69 Å². The van der Waals surface area contributed by atoms with Gasteiger partial charge in [0.25, 0.3) is 15.9 Å². The van der Waals surface area contributed by atoms with E-state index in [2.05, 4.69) is 5.32 Å². The number of amides is 1. The quantitative estimate of drug-likeness (QED) is 0.830. The first kappa shape index (κ1) is 19.5. The molecule has 2 rings (SSSR count). The van der Waals surface area contributed by atoms with E-state index in [9.17, 15) is 13.2 Å². The molecule has 136 valence electrons. The van der Waals surface area contributed by atoms with Crippen LogP contribution in [0.5, 0.6) is 0 Å². The summed E-state index contributed by atoms with van der Waals surface area (Å²) in [5.74, 6) is -0.351. The van der Waals surface area contributed by atoms with Crippen LogP contribution in [-0.2, 0) is 10.0 Å². The van der Waals surface area contributed by atoms with Crippen molar-refractivity contribution >= 4 is 33.0 Å². The Balaban J connectivity index is 2.38. The fraction of sp³-hybridized carbons (Fsp3) is 0.389. The maximum Gasteiger partial charge on any atom is 0.265 e. The number of aryl methyl sites for hydroxylation is 2. The lowest BCUT2D eigenvalue weighted by Crippen LogP contribution is -2.33. The van der Waals surface area contributed by atoms with Gasteiger partial charge in [-0.3, -0.25) is 9.10 Å². The summed E-state index contributed by atoms with van der Waals surface area (Å²) in [6, 6.07) is 6.97. The number of rotatable bonds is 6. The van der Waals surface area contributed by atoms with Gasteiger partial charge >= 0.3 is 0 Å². The van der Waals surface area contributed by atoms with Crippen molar-refractivity contribution in [3.05, 3.63) is 45.6 Å². The van der Waals surface area contributed by atoms with Crippen LogP contribution < -0.4 is 9.62 Å². The molecule has 1 heterocycles. The van der Waals surface area contributed by atoms with Crippen molar-refractivity contribution in [2.75, 3.05) is 11.4 Å². The summed E-state index contributed by atoms with van der Waals surface area (Å²) in [5.41, 5.74) is 2.68. The smallest absolute Gasteiger partial charge is 0.265 e. The van der Waals surface area contributed by atoms with Crippen molar-refractivity contribution in [1.29, 1.82) is 0 Å². The minimum atomic E-state index is -3.81. The molecule has 1 N–H and O–H groups in total. The normalized spacial score (nSPS) is 12.7. The lowest BCUT2D eigenvalue weighted by atomic mass is 10.1. The van der Waals surface area contributed by atoms with Crippen LogP contribution in [-0.4, -0.2) is 27.4 Å². The molecule has 5 nitrogen and oxygen atoms in total. The fourth-order valence-electron chi connectivity index (χ4n) is 2.27. The zero-order chi connectivity index (χ0) is 18.8. The number of carbonyl (C=O) groups excluding carboxylic acids is 1. The molecule has 0 radical (unpaired) electrons. The maximum atomic E-state index is 13.0. The van der Waals surface area contributed by atoms with E-state index >= 15 is 0 Å². The Morgan fingerprint density at radius 1 is 1.24 bits per heavy atom. The fourth-order valence-corrected chi connectivity index (χ4v) is 4.76. The molecule has 1 atom stereocenters. The topological polar surface area (TPSA) is 66.5 Å². The number of hydrogen-bond donors (Lipinski definition) is 1. The molecule has 1 amide bonds. The Hall–Kier alpha value is -1.86. The van der Waals surface area contributed by atoms with Crippen molar-refractivity contribution < 1.29 is 13.2 Å². The summed E-state index contributed by atoms with van der Waals surface area (Å²) < 4.78 is 27.3. The van der Waals surface area contributed by atoms with Crippen LogP contribution in [0.1, 0.15) is 41.1 Å². The summed E-state index contributed by atoms with van der Waals surface area (Å²) in [7, 11) is -2.31. The van der Waals surface area contributed by atoms with Gasteiger partial charge in [-0.2, -0.15) is 0 Å². The second-order valence-corrected chi connectivity index (χ2v) is 8.99. The molecular weight excluding hydrogens is 356 g/mol. The Morgan fingerprint density at radius 3 is 2.52 bits per heavy atom. The lowest BCUT2D eigenvalue weighted by molar-refractivity contribution is 0.0940. The second-order valence-electron chi connectivity index (χ2n) is 6.14. The molecule has 0 saturated carbocycles. The molecule has 0 aliphatic carbocycles. The van der Waals surface area contributed by atoms with Gasteiger partial charge < -0.3 is 5.32 Å². The third-order valence-electron chi connectivity index (χ3n) is 4.32. The summed E-state index contributed by atoms with van der Waals surface area (Å²) in [5, 5.41) is 4.46. The predicted octanol–water partition coefficient (Wildman–Crippen LogP) is 3.72. The largest absolute Gasteiger partial charge is 0.349 e. The molecule has 0 spiro atoms. The molecule has 0 aliphatic rings. The van der Waals surface area contributed by atoms with Gasteiger partial charge in [-0.15, -0.1) is 11.3 Å². The van der Waals surface area contributed by atoms with Crippen LogP contribution in [0.4, 0.5) is 5.69 Å². The average molecular weight is 381 g/mol. The van der Waals surface area contributed by atoms with Crippen LogP contribution in [0.3, 0.4) is 0 Å². The molecule has 0 fully saturated rings. The molecule has 7 heteroatoms. The number of sulfonamides is 1. The highest BCUT2D eigenvalue weighted by molar-refractivity contribution is 7.93. The third kappa shape index (κ3) is 4.04. The first-order valence-corrected chi connectivity index (χ1v) is 10.4. The van der Waals surface area contributed by atoms with E-state index in [0.717, 1.165) is 28.9 Å². The van der Waals surface area contributed by atoms with Gasteiger partial charge in [-0.05, 0) is 61.9 Å². The molecule has 0 bridgehead atoms. The average Bonchev–Trinajstić information content (AvgIpc) is 3.07. The molecule has 1 aromatic carbocycles. The van der Waals surface area contributed by atoms with Crippen molar-refractivity contribution in [3.63, 3.8) is 0 Å². The first-order chi connectivity index (χ1) is 11.7. The van der Waals surface area contributed by atoms with Gasteiger partial charge in [0.15, 0.2) is 0 Å². The zero-order valence-electron chi connectivity index (χ0n) is 15.2. The van der Waals surface area contributed by atoms with E-state index in [1.54, 1.807) is 11.4 Å². The standard InChI is InChI=1S/C18H24N2O3S2/c1-6-14(4)19-18(21)17-16(9-10-24-17)25(22,23)20(5)15-8-7-12(2)13(3)11-15/h7-11,14H,6H2,1-5H3,(H,19,21). The summed E-state index contributed by atoms with van der Waals surface area (Å²) >= 11 is 1.14. The Morgan fingerprint density at radius 2 is 1.92 bits per heavy atom. The summed E-state index contributed by atoms with van der Waals surface area (Å²) in [6.07, 6.45) is 0.780. The number of carbonyl (C=O) groups is 1. The minimum absolute atomic E-state index is 0.0115. The maximum absolute atomic E-state index is 13.0. The minimum Gasteiger partial charge on any atom is -0.349 e. The van der Waals surface area contributed by atoms with Gasteiger partial charge in [0.2, 0.25) is 0 Å². The van der Waals surface area contributed by atoms with Crippen molar-refractivity contribution in [1.82, 2.24) is 5.32 Å². The highest BCUT2D eigenvalue weighted by Gasteiger charge is 2.28. The second kappa shape index (κ2) is 7.58. The highest BCUT2D eigenvalue weighted by atomic mass is 32.2. The number of thiophene rings is 1. The van der Waals surface area contributed by atoms with Crippen LogP contribution in [0, 0.1) is 13.8 Å². The van der Waals surface area contributed by atoms with Crippen LogP contribution in [0.15, 0.2) is 34.5 Å². The monoisotopic (exact) mass is 380 g/mol. The SMILES string of the molecule is CCC(C)NC(=O)c1sccc1S(=O)(=O)N(C)c1ccc(C)c(C)c1. The number of hydrogen-bond acceptors (Lipinski definition) is 4. The van der Waals surface area contributed by atoms with Gasteiger partial charge in [0, 0.05) is 13.1 Å². The summed E-state index contributed by atoms with van der Waals surface area (Å²) in [6.45, 7) is 7.77. The van der Waals surface area contributed by atoms with Crippen molar-refractivity contribution in [3.8, 4) is 0 Å². The first-order valence-electron chi connectivity index (χ1n) is 8.13. The molecule has 1 unspecified atom stereocenters. The van der Waals surface area contributed by atoms with Crippen LogP contribution in [0.25, 0.3) is 0 Å². The highest BCUT2D eigenvalue weighted by Crippen LogP contribution is 2.29. The van der Waals surface area contributed by atoms with Crippen molar-refractivity contribution in [2.45, 2.75) is 45.1 Å². The van der Waals surface area contributed by atoms with E-state index in [-0.39, 0.29) is 21.7 Å². The Labute approximate surface area is 153 Å². The summed E-state index contributed by atoms with van der Waals surface area (Å²) in [4.78, 5) is 12.7. The molecule has 1 aromatic heterocycles. The number of nitrogens with zero attached hydrogens (tertiary/aromatic N) is 1. The van der Waals surface area contributed by atoms with Gasteiger partial charge in [-0.25, -0.2) is 8.42 Å². The van der Waals surface area contributed by atoms with E-state index in [4.69, 9.17) is 0 Å². The Bertz CT molecular complexity index is 872. The lowest BCUT2D eigenvalue weighted by Gasteiger charge is -2.21. The molecule has 2 aromatic rings. The predicted molar refractivity (Wildman–Crippen MR) is 103 cm³/mol. The molecular formula is C18H24N2O3S2. The molecule has 25 heavy (non-hydrogen) atoms. The van der Waals surface area contributed by atoms with Gasteiger partial charge in [0.05, 0.1) is 5.69 Å². The molecule has 0 saturated heterocycles. The third-order valence-corrected chi connectivity index (χ3v) is 7.19.